The second kappa shape index (κ2) is 11.3. The van der Waals surface area contributed by atoms with Gasteiger partial charge in [0.05, 0.1) is 12.7 Å². The number of β-amino-alcohol motifs (C(OH)–C–C–N with tert-alkyl or cyclic N) is 1. The van der Waals surface area contributed by atoms with Crippen LogP contribution in [0.15, 0.2) is 24.8 Å². The van der Waals surface area contributed by atoms with Crippen molar-refractivity contribution in [1.82, 2.24) is 15.1 Å². The zero-order valence-electron chi connectivity index (χ0n) is 19.0. The summed E-state index contributed by atoms with van der Waals surface area (Å²) in [4.78, 5) is 41.4. The number of urea groups is 1. The number of hydrogen-bond acceptors (Lipinski definition) is 5. The van der Waals surface area contributed by atoms with Crippen molar-refractivity contribution in [3.63, 3.8) is 0 Å². The number of likely N-dealkylation sites (tertiary alicyclic amines) is 1. The van der Waals surface area contributed by atoms with Crippen molar-refractivity contribution in [3.05, 3.63) is 24.8 Å². The molecule has 0 aromatic carbocycles. The molecular formula is C23H37N3O5. The third-order valence-corrected chi connectivity index (χ3v) is 5.99. The molecule has 1 heterocycles. The largest absolute Gasteiger partial charge is 0.464 e. The third-order valence-electron chi connectivity index (χ3n) is 5.99. The molecular weight excluding hydrogens is 398 g/mol. The topological polar surface area (TPSA) is 99.2 Å². The molecule has 2 N–H and O–H groups in total. The number of esters is 1. The molecule has 8 nitrogen and oxygen atoms in total. The molecule has 4 atom stereocenters. The number of likely N-dealkylation sites (N-methyl/N-ethyl adjacent to an activating group) is 1. The highest BCUT2D eigenvalue weighted by molar-refractivity contribution is 5.93. The number of ether oxygens (including phenoxy) is 1. The van der Waals surface area contributed by atoms with Crippen LogP contribution >= 0.6 is 0 Å². The van der Waals surface area contributed by atoms with Gasteiger partial charge < -0.3 is 25.0 Å². The molecule has 3 amide bonds. The summed E-state index contributed by atoms with van der Waals surface area (Å²) in [5.74, 6) is -0.899. The molecule has 31 heavy (non-hydrogen) atoms. The van der Waals surface area contributed by atoms with Gasteiger partial charge in [-0.2, -0.15) is 0 Å². The van der Waals surface area contributed by atoms with E-state index in [0.29, 0.717) is 13.0 Å². The van der Waals surface area contributed by atoms with E-state index in [1.807, 2.05) is 0 Å². The van der Waals surface area contributed by atoms with Crippen LogP contribution in [-0.4, -0.2) is 77.2 Å². The first-order valence-electron chi connectivity index (χ1n) is 11.3. The monoisotopic (exact) mass is 435 g/mol. The van der Waals surface area contributed by atoms with E-state index < -0.39 is 29.7 Å². The average molecular weight is 436 g/mol. The van der Waals surface area contributed by atoms with Crippen molar-refractivity contribution in [1.29, 1.82) is 0 Å². The number of aliphatic hydroxyl groups is 1. The highest BCUT2D eigenvalue weighted by Gasteiger charge is 2.62. The quantitative estimate of drug-likeness (QED) is 0.295. The van der Waals surface area contributed by atoms with Gasteiger partial charge in [0.1, 0.15) is 11.6 Å². The molecule has 3 unspecified atom stereocenters. The minimum Gasteiger partial charge on any atom is -0.464 e. The number of unbranched alkanes of at least 4 members (excludes halogenated alkanes) is 2. The second-order valence-electron chi connectivity index (χ2n) is 8.36. The smallest absolute Gasteiger partial charge is 0.332 e. The molecule has 0 aromatic heterocycles. The first kappa shape index (κ1) is 24.9. The first-order valence-corrected chi connectivity index (χ1v) is 11.3. The van der Waals surface area contributed by atoms with Crippen LogP contribution < -0.4 is 5.32 Å². The minimum atomic E-state index is -1.13. The molecule has 8 heteroatoms. The van der Waals surface area contributed by atoms with Gasteiger partial charge in [-0.15, -0.1) is 6.58 Å². The lowest BCUT2D eigenvalue weighted by Crippen LogP contribution is -2.55. The van der Waals surface area contributed by atoms with Gasteiger partial charge >= 0.3 is 12.0 Å². The predicted octanol–water partition coefficient (Wildman–Crippen LogP) is 2.23. The Labute approximate surface area is 185 Å². The summed E-state index contributed by atoms with van der Waals surface area (Å²) in [6.07, 6.45) is 9.58. The Morgan fingerprint density at radius 3 is 2.65 bits per heavy atom. The molecule has 1 saturated carbocycles. The molecule has 0 spiro atoms. The number of carbonyl (C=O) groups excluding carboxylic acids is 3. The normalized spacial score (nSPS) is 27.2. The molecule has 0 aromatic rings. The number of aliphatic hydroxyl groups excluding tert-OH is 1. The van der Waals surface area contributed by atoms with Crippen LogP contribution in [0.2, 0.25) is 0 Å². The SMILES string of the molecule is C=CC1C[C@]1(NC(=O)N1CC(O)CC1C(=O)N(C)CCCC/C=C/CC)C(=O)OCC. The van der Waals surface area contributed by atoms with E-state index in [1.54, 1.807) is 24.9 Å². The van der Waals surface area contributed by atoms with Crippen molar-refractivity contribution < 1.29 is 24.2 Å². The van der Waals surface area contributed by atoms with Crippen molar-refractivity contribution in [2.45, 2.75) is 70.1 Å². The van der Waals surface area contributed by atoms with Gasteiger partial charge in [-0.25, -0.2) is 9.59 Å². The molecule has 1 aliphatic heterocycles. The molecule has 0 bridgehead atoms. The van der Waals surface area contributed by atoms with Crippen molar-refractivity contribution in [3.8, 4) is 0 Å². The van der Waals surface area contributed by atoms with Crippen molar-refractivity contribution >= 4 is 17.9 Å². The van der Waals surface area contributed by atoms with Crippen LogP contribution in [0.25, 0.3) is 0 Å². The Morgan fingerprint density at radius 1 is 1.29 bits per heavy atom. The predicted molar refractivity (Wildman–Crippen MR) is 118 cm³/mol. The van der Waals surface area contributed by atoms with E-state index in [1.165, 1.54) is 4.90 Å². The summed E-state index contributed by atoms with van der Waals surface area (Å²) >= 11 is 0. The van der Waals surface area contributed by atoms with E-state index >= 15 is 0 Å². The Morgan fingerprint density at radius 2 is 2.03 bits per heavy atom. The summed E-state index contributed by atoms with van der Waals surface area (Å²) in [5, 5.41) is 12.9. The van der Waals surface area contributed by atoms with Gasteiger partial charge in [-0.05, 0) is 39.0 Å². The Bertz CT molecular complexity index is 695. The summed E-state index contributed by atoms with van der Waals surface area (Å²) in [6, 6.07) is -1.29. The summed E-state index contributed by atoms with van der Waals surface area (Å²) in [6.45, 7) is 8.37. The van der Waals surface area contributed by atoms with Gasteiger partial charge in [0.2, 0.25) is 5.91 Å². The Kier molecular flexibility index (Phi) is 9.10. The number of nitrogens with zero attached hydrogens (tertiary/aromatic N) is 2. The lowest BCUT2D eigenvalue weighted by molar-refractivity contribution is -0.147. The molecule has 0 radical (unpaired) electrons. The fourth-order valence-electron chi connectivity index (χ4n) is 4.06. The van der Waals surface area contributed by atoms with E-state index in [-0.39, 0.29) is 31.4 Å². The molecule has 2 rings (SSSR count). The van der Waals surface area contributed by atoms with Gasteiger partial charge in [0.25, 0.3) is 0 Å². The number of rotatable bonds is 11. The van der Waals surface area contributed by atoms with E-state index in [4.69, 9.17) is 4.74 Å². The minimum absolute atomic E-state index is 0.0511. The van der Waals surface area contributed by atoms with Crippen LogP contribution in [0.3, 0.4) is 0 Å². The standard InChI is InChI=1S/C23H37N3O5/c1-5-8-9-10-11-12-13-25(4)20(28)19-14-18(27)16-26(19)22(30)24-23(15-17(23)6-2)21(29)31-7-3/h6,8-9,17-19,27H,2,5,7,10-16H2,1,3-4H3,(H,24,30)/b9-8+/t17?,18?,19?,23-/m1/s1. The summed E-state index contributed by atoms with van der Waals surface area (Å²) in [7, 11) is 1.72. The lowest BCUT2D eigenvalue weighted by atomic mass is 10.1. The third kappa shape index (κ3) is 6.09. The maximum atomic E-state index is 13.0. The number of allylic oxidation sites excluding steroid dienone is 2. The van der Waals surface area contributed by atoms with Gasteiger partial charge in [0.15, 0.2) is 0 Å². The average Bonchev–Trinajstić information content (AvgIpc) is 3.32. The number of hydrogen-bond donors (Lipinski definition) is 2. The number of nitrogens with one attached hydrogen (secondary N) is 1. The fourth-order valence-corrected chi connectivity index (χ4v) is 4.06. The van der Waals surface area contributed by atoms with Crippen LogP contribution in [0.1, 0.15) is 52.4 Å². The summed E-state index contributed by atoms with van der Waals surface area (Å²) < 4.78 is 5.13. The maximum Gasteiger partial charge on any atom is 0.332 e. The van der Waals surface area contributed by atoms with E-state index in [9.17, 15) is 19.5 Å². The summed E-state index contributed by atoms with van der Waals surface area (Å²) in [5.41, 5.74) is -1.13. The molecule has 2 fully saturated rings. The van der Waals surface area contributed by atoms with Crippen LogP contribution in [-0.2, 0) is 14.3 Å². The van der Waals surface area contributed by atoms with Crippen LogP contribution in [0.5, 0.6) is 0 Å². The zero-order valence-corrected chi connectivity index (χ0v) is 19.0. The van der Waals surface area contributed by atoms with Gasteiger partial charge in [-0.3, -0.25) is 4.79 Å². The van der Waals surface area contributed by atoms with Crippen LogP contribution in [0.4, 0.5) is 4.79 Å². The lowest BCUT2D eigenvalue weighted by Gasteiger charge is -2.29. The highest BCUT2D eigenvalue weighted by atomic mass is 16.5. The number of carbonyl (C=O) groups is 3. The fraction of sp³-hybridized carbons (Fsp3) is 0.696. The van der Waals surface area contributed by atoms with Crippen molar-refractivity contribution in [2.24, 2.45) is 5.92 Å². The van der Waals surface area contributed by atoms with E-state index in [0.717, 1.165) is 25.7 Å². The Balaban J connectivity index is 1.97. The first-order chi connectivity index (χ1) is 14.8. The molecule has 1 saturated heterocycles. The Hall–Kier alpha value is -2.35. The molecule has 2 aliphatic rings. The van der Waals surface area contributed by atoms with E-state index in [2.05, 4.69) is 31.0 Å². The number of amides is 3. The molecule has 1 aliphatic carbocycles. The van der Waals surface area contributed by atoms with Gasteiger partial charge in [-0.1, -0.05) is 25.2 Å². The molecule has 174 valence electrons. The zero-order chi connectivity index (χ0) is 23.0. The second-order valence-corrected chi connectivity index (χ2v) is 8.36. The van der Waals surface area contributed by atoms with Crippen LogP contribution in [0, 0.1) is 5.92 Å². The van der Waals surface area contributed by atoms with Crippen molar-refractivity contribution in [2.75, 3.05) is 26.7 Å². The maximum absolute atomic E-state index is 13.0. The van der Waals surface area contributed by atoms with Gasteiger partial charge in [0, 0.05) is 32.5 Å². The highest BCUT2D eigenvalue weighted by Crippen LogP contribution is 2.45.